The monoisotopic (exact) mass is 318 g/mol. The maximum absolute atomic E-state index is 12.4. The van der Waals surface area contributed by atoms with Crippen molar-refractivity contribution in [2.75, 3.05) is 21.3 Å². The summed E-state index contributed by atoms with van der Waals surface area (Å²) in [6.45, 7) is 0. The highest BCUT2D eigenvalue weighted by Gasteiger charge is 2.45. The van der Waals surface area contributed by atoms with Gasteiger partial charge in [0.25, 0.3) is 0 Å². The minimum atomic E-state index is -1.20. The number of nitrogens with one attached hydrogen (secondary N) is 1. The molecule has 0 saturated heterocycles. The van der Waals surface area contributed by atoms with Crippen molar-refractivity contribution < 1.29 is 33.4 Å². The zero-order chi connectivity index (χ0) is 17.7. The van der Waals surface area contributed by atoms with Crippen LogP contribution in [0.2, 0.25) is 0 Å². The van der Waals surface area contributed by atoms with E-state index in [1.165, 1.54) is 6.07 Å². The lowest BCUT2D eigenvalue weighted by molar-refractivity contribution is -0.140. The fourth-order valence-corrected chi connectivity index (χ4v) is 1.90. The molecule has 0 saturated carbocycles. The number of ether oxygens (including phenoxy) is 3. The zero-order valence-corrected chi connectivity index (χ0v) is 12.3. The van der Waals surface area contributed by atoms with Gasteiger partial charge in [0.1, 0.15) is 17.2 Å². The number of nitriles is 1. The van der Waals surface area contributed by atoms with E-state index in [0.29, 0.717) is 0 Å². The van der Waals surface area contributed by atoms with E-state index in [9.17, 15) is 19.2 Å². The van der Waals surface area contributed by atoms with Crippen LogP contribution in [0.25, 0.3) is 0 Å². The van der Waals surface area contributed by atoms with Crippen LogP contribution in [-0.2, 0) is 33.4 Å². The summed E-state index contributed by atoms with van der Waals surface area (Å²) in [6.07, 6.45) is 0. The zero-order valence-electron chi connectivity index (χ0n) is 12.3. The van der Waals surface area contributed by atoms with Crippen molar-refractivity contribution in [3.63, 3.8) is 0 Å². The average Bonchev–Trinajstić information content (AvgIpc) is 2.87. The van der Waals surface area contributed by atoms with Gasteiger partial charge >= 0.3 is 17.9 Å². The van der Waals surface area contributed by atoms with Gasteiger partial charge in [-0.25, -0.2) is 14.4 Å². The van der Waals surface area contributed by atoms with E-state index in [0.717, 1.165) is 21.3 Å². The number of carbonyl (C=O) groups is 4. The molecule has 0 amide bonds. The molecule has 23 heavy (non-hydrogen) atoms. The number of esters is 3. The van der Waals surface area contributed by atoms with E-state index in [-0.39, 0.29) is 0 Å². The molecule has 9 nitrogen and oxygen atoms in total. The topological polar surface area (TPSA) is 144 Å². The van der Waals surface area contributed by atoms with Crippen LogP contribution in [-0.4, -0.2) is 50.9 Å². The van der Waals surface area contributed by atoms with Crippen LogP contribution in [0.1, 0.15) is 0 Å². The Morgan fingerprint density at radius 3 is 1.61 bits per heavy atom. The highest BCUT2D eigenvalue weighted by molar-refractivity contribution is 6.37. The molecule has 1 aliphatic carbocycles. The molecule has 0 bridgehead atoms. The highest BCUT2D eigenvalue weighted by Crippen LogP contribution is 2.35. The number of rotatable bonds is 4. The average molecular weight is 318 g/mol. The Morgan fingerprint density at radius 1 is 0.870 bits per heavy atom. The maximum Gasteiger partial charge on any atom is 0.342 e. The van der Waals surface area contributed by atoms with Crippen molar-refractivity contribution in [1.82, 2.24) is 0 Å². The number of carbonyl (C=O) groups excluding carboxylic acids is 4. The summed E-state index contributed by atoms with van der Waals surface area (Å²) in [4.78, 5) is 48.1. The van der Waals surface area contributed by atoms with Gasteiger partial charge in [-0.05, 0) is 5.87 Å². The predicted molar refractivity (Wildman–Crippen MR) is 72.0 cm³/mol. The first-order chi connectivity index (χ1) is 10.9. The van der Waals surface area contributed by atoms with E-state index in [1.54, 1.807) is 5.87 Å². The lowest BCUT2D eigenvalue weighted by Crippen LogP contribution is -2.18. The molecular weight excluding hydrogens is 308 g/mol. The van der Waals surface area contributed by atoms with E-state index in [4.69, 9.17) is 10.7 Å². The second-order valence-electron chi connectivity index (χ2n) is 3.92. The minimum Gasteiger partial charge on any atom is -0.465 e. The number of nitrogens with zero attached hydrogens (tertiary/aromatic N) is 1. The number of allylic oxidation sites excluding steroid dienone is 2. The summed E-state index contributed by atoms with van der Waals surface area (Å²) in [5, 5.41) is 16.0. The lowest BCUT2D eigenvalue weighted by atomic mass is 10.00. The third-order valence-electron chi connectivity index (χ3n) is 2.86. The Kier molecular flexibility index (Phi) is 5.32. The molecule has 0 heterocycles. The van der Waals surface area contributed by atoms with Crippen LogP contribution < -0.4 is 0 Å². The second kappa shape index (κ2) is 6.98. The summed E-state index contributed by atoms with van der Waals surface area (Å²) in [6, 6.07) is 1.49. The van der Waals surface area contributed by atoms with Crippen LogP contribution >= 0.6 is 0 Å². The molecule has 0 fully saturated rings. The molecule has 0 spiro atoms. The van der Waals surface area contributed by atoms with Gasteiger partial charge in [0.05, 0.1) is 38.0 Å². The largest absolute Gasteiger partial charge is 0.465 e. The summed E-state index contributed by atoms with van der Waals surface area (Å²) in [7, 11) is 2.91. The van der Waals surface area contributed by atoms with Crippen LogP contribution in [0.3, 0.4) is 0 Å². The van der Waals surface area contributed by atoms with Crippen molar-refractivity contribution >= 4 is 29.6 Å². The molecule has 1 rings (SSSR count). The van der Waals surface area contributed by atoms with Crippen molar-refractivity contribution in [2.24, 2.45) is 0 Å². The first kappa shape index (κ1) is 17.6. The molecule has 0 radical (unpaired) electrons. The van der Waals surface area contributed by atoms with Crippen LogP contribution in [0.4, 0.5) is 0 Å². The number of ketones is 1. The first-order valence-corrected chi connectivity index (χ1v) is 5.88. The number of Topliss-reactive ketones (excluding diaryl/α,β-unsaturated/α-hetero) is 1. The number of hydrogen-bond acceptors (Lipinski definition) is 9. The Bertz CT molecular complexity index is 773. The van der Waals surface area contributed by atoms with E-state index >= 15 is 0 Å². The standard InChI is InChI=1S/C14H10N2O7/c1-21-12(18)8-7(6(4-15)5-16)11(17)10(14(20)23-3)9(8)13(19)22-2/h15H,1-3H3. The molecule has 0 aromatic rings. The van der Waals surface area contributed by atoms with E-state index in [2.05, 4.69) is 14.2 Å². The summed E-state index contributed by atoms with van der Waals surface area (Å²) in [5.74, 6) is -2.98. The van der Waals surface area contributed by atoms with Crippen molar-refractivity contribution in [2.45, 2.75) is 0 Å². The smallest absolute Gasteiger partial charge is 0.342 e. The molecule has 1 aliphatic rings. The highest BCUT2D eigenvalue weighted by atomic mass is 16.5. The third-order valence-corrected chi connectivity index (χ3v) is 2.86. The number of hydrogen-bond donors (Lipinski definition) is 1. The Labute approximate surface area is 129 Å². The Hall–Kier alpha value is -3.50. The van der Waals surface area contributed by atoms with E-state index in [1.807, 2.05) is 0 Å². The summed E-state index contributed by atoms with van der Waals surface area (Å²) < 4.78 is 13.4. The first-order valence-electron chi connectivity index (χ1n) is 5.88. The van der Waals surface area contributed by atoms with Crippen molar-refractivity contribution in [1.29, 1.82) is 10.7 Å². The maximum atomic E-state index is 12.4. The van der Waals surface area contributed by atoms with Crippen molar-refractivity contribution in [3.05, 3.63) is 27.9 Å². The number of methoxy groups -OCH3 is 3. The lowest BCUT2D eigenvalue weighted by Gasteiger charge is -2.06. The molecule has 0 aromatic heterocycles. The van der Waals surface area contributed by atoms with Crippen LogP contribution in [0, 0.1) is 16.7 Å². The van der Waals surface area contributed by atoms with Gasteiger partial charge in [0.2, 0.25) is 5.78 Å². The fraction of sp³-hybridized carbons (Fsp3) is 0.214. The molecule has 0 aliphatic heterocycles. The fourth-order valence-electron chi connectivity index (χ4n) is 1.90. The molecule has 1 N–H and O–H groups in total. The molecule has 9 heteroatoms. The summed E-state index contributed by atoms with van der Waals surface area (Å²) in [5.41, 5.74) is -3.40. The molecule has 0 atom stereocenters. The summed E-state index contributed by atoms with van der Waals surface area (Å²) >= 11 is 0. The normalized spacial score (nSPS) is 13.2. The van der Waals surface area contributed by atoms with Crippen molar-refractivity contribution in [3.8, 4) is 6.07 Å². The Morgan fingerprint density at radius 2 is 1.26 bits per heavy atom. The quantitative estimate of drug-likeness (QED) is 0.237. The van der Waals surface area contributed by atoms with Crippen LogP contribution in [0.15, 0.2) is 27.9 Å². The van der Waals surface area contributed by atoms with Gasteiger partial charge < -0.3 is 14.2 Å². The molecule has 118 valence electrons. The second-order valence-corrected chi connectivity index (χ2v) is 3.92. The molecule has 0 aromatic carbocycles. The van der Waals surface area contributed by atoms with Gasteiger partial charge in [-0.1, -0.05) is 0 Å². The minimum absolute atomic E-state index is 0.643. The predicted octanol–water partition coefficient (Wildman–Crippen LogP) is -0.620. The van der Waals surface area contributed by atoms with Crippen LogP contribution in [0.5, 0.6) is 0 Å². The van der Waals surface area contributed by atoms with E-state index < -0.39 is 51.6 Å². The third kappa shape index (κ3) is 2.79. The van der Waals surface area contributed by atoms with Gasteiger partial charge in [0, 0.05) is 0 Å². The Balaban J connectivity index is 3.89. The SMILES string of the molecule is COC(=O)C1=C(C(=O)OC)C(C(=O)OC)=C(C(=C=N)C#N)C1=O. The molecule has 0 unspecified atom stereocenters. The van der Waals surface area contributed by atoms with Gasteiger partial charge in [-0.2, -0.15) is 5.26 Å². The van der Waals surface area contributed by atoms with Gasteiger partial charge in [-0.3, -0.25) is 10.2 Å². The van der Waals surface area contributed by atoms with Gasteiger partial charge in [0.15, 0.2) is 0 Å². The van der Waals surface area contributed by atoms with Gasteiger partial charge in [-0.15, -0.1) is 0 Å². The molecular formula is C14H10N2O7.